The maximum absolute atomic E-state index is 12.8. The van der Waals surface area contributed by atoms with E-state index in [1.165, 1.54) is 16.2 Å². The molecule has 2 aromatic rings. The molecule has 1 fully saturated rings. The van der Waals surface area contributed by atoms with Gasteiger partial charge in [0.1, 0.15) is 16.6 Å². The van der Waals surface area contributed by atoms with Gasteiger partial charge in [-0.15, -0.1) is 11.3 Å². The Morgan fingerprint density at radius 1 is 1.18 bits per heavy atom. The Balaban J connectivity index is 1.36. The molecule has 1 amide bonds. The number of thiophene rings is 1. The van der Waals surface area contributed by atoms with Crippen molar-refractivity contribution in [2.24, 2.45) is 0 Å². The molecular weight excluding hydrogens is 438 g/mol. The minimum Gasteiger partial charge on any atom is -0.462 e. The molecule has 3 heterocycles. The third-order valence-corrected chi connectivity index (χ3v) is 7.30. The van der Waals surface area contributed by atoms with Gasteiger partial charge < -0.3 is 15.0 Å². The number of hydrogen-bond acceptors (Lipinski definition) is 8. The molecule has 9 heteroatoms. The van der Waals surface area contributed by atoms with E-state index < -0.39 is 0 Å². The van der Waals surface area contributed by atoms with Crippen LogP contribution >= 0.6 is 11.3 Å². The highest BCUT2D eigenvalue weighted by Crippen LogP contribution is 2.39. The summed E-state index contributed by atoms with van der Waals surface area (Å²) in [5.41, 5.74) is 2.60. The van der Waals surface area contributed by atoms with E-state index in [0.29, 0.717) is 23.7 Å². The molecule has 4 rings (SSSR count). The highest BCUT2D eigenvalue weighted by molar-refractivity contribution is 7.17. The largest absolute Gasteiger partial charge is 0.462 e. The van der Waals surface area contributed by atoms with Gasteiger partial charge in [-0.25, -0.2) is 14.8 Å². The molecule has 0 atom stereocenters. The second-order valence-corrected chi connectivity index (χ2v) is 10.1. The summed E-state index contributed by atoms with van der Waals surface area (Å²) in [4.78, 5) is 40.2. The quantitative estimate of drug-likeness (QED) is 0.619. The topological polar surface area (TPSA) is 87.7 Å². The lowest BCUT2D eigenvalue weighted by Gasteiger charge is -2.35. The normalized spacial score (nSPS) is 16.2. The van der Waals surface area contributed by atoms with Gasteiger partial charge in [-0.1, -0.05) is 13.8 Å². The van der Waals surface area contributed by atoms with Crippen molar-refractivity contribution in [3.05, 3.63) is 33.6 Å². The van der Waals surface area contributed by atoms with Crippen molar-refractivity contribution in [1.82, 2.24) is 14.9 Å². The molecule has 8 nitrogen and oxygen atoms in total. The highest BCUT2D eigenvalue weighted by atomic mass is 32.1. The lowest BCUT2D eigenvalue weighted by atomic mass is 10.1. The summed E-state index contributed by atoms with van der Waals surface area (Å²) in [7, 11) is 0. The number of aromatic nitrogens is 2. The molecule has 178 valence electrons. The molecule has 0 spiro atoms. The zero-order valence-electron chi connectivity index (χ0n) is 19.9. The maximum atomic E-state index is 12.8. The molecule has 1 aliphatic heterocycles. The van der Waals surface area contributed by atoms with Gasteiger partial charge in [-0.3, -0.25) is 9.69 Å². The summed E-state index contributed by atoms with van der Waals surface area (Å²) >= 11 is 1.52. The number of aryl methyl sites for hydroxylation is 2. The second-order valence-electron chi connectivity index (χ2n) is 8.97. The molecule has 1 saturated heterocycles. The smallest absolute Gasteiger partial charge is 0.341 e. The number of rotatable bonds is 7. The fourth-order valence-electron chi connectivity index (χ4n) is 4.41. The fraction of sp³-hybridized carbons (Fsp3) is 0.583. The molecule has 33 heavy (non-hydrogen) atoms. The lowest BCUT2D eigenvalue weighted by molar-refractivity contribution is -0.117. The molecule has 1 N–H and O–H groups in total. The SMILES string of the molecule is CCOC(=O)c1c(NC(=O)CN2CCN(c3cc(C)nc(C(C)C)n3)CC2)sc2c1CCC2. The summed E-state index contributed by atoms with van der Waals surface area (Å²) in [6.07, 6.45) is 2.89. The van der Waals surface area contributed by atoms with Crippen LogP contribution in [-0.2, 0) is 22.4 Å². The minimum atomic E-state index is -0.332. The van der Waals surface area contributed by atoms with Gasteiger partial charge in [0.25, 0.3) is 0 Å². The Morgan fingerprint density at radius 3 is 2.64 bits per heavy atom. The van der Waals surface area contributed by atoms with Crippen molar-refractivity contribution in [2.45, 2.75) is 52.9 Å². The maximum Gasteiger partial charge on any atom is 0.341 e. The Bertz CT molecular complexity index is 1030. The first-order valence-electron chi connectivity index (χ1n) is 11.8. The average Bonchev–Trinajstić information content (AvgIpc) is 3.34. The van der Waals surface area contributed by atoms with Crippen LogP contribution in [0.4, 0.5) is 10.8 Å². The zero-order valence-corrected chi connectivity index (χ0v) is 20.8. The van der Waals surface area contributed by atoms with Crippen molar-refractivity contribution < 1.29 is 14.3 Å². The number of carbonyl (C=O) groups is 2. The predicted molar refractivity (Wildman–Crippen MR) is 130 cm³/mol. The van der Waals surface area contributed by atoms with Crippen LogP contribution in [0.5, 0.6) is 0 Å². The van der Waals surface area contributed by atoms with Gasteiger partial charge >= 0.3 is 5.97 Å². The molecule has 0 unspecified atom stereocenters. The van der Waals surface area contributed by atoms with E-state index in [1.807, 2.05) is 13.0 Å². The summed E-state index contributed by atoms with van der Waals surface area (Å²) in [5, 5.41) is 3.64. The van der Waals surface area contributed by atoms with Crippen molar-refractivity contribution in [3.63, 3.8) is 0 Å². The number of piperazine rings is 1. The molecule has 0 radical (unpaired) electrons. The molecule has 1 aliphatic carbocycles. The Kier molecular flexibility index (Phi) is 7.29. The van der Waals surface area contributed by atoms with Gasteiger partial charge in [0, 0.05) is 48.7 Å². The van der Waals surface area contributed by atoms with E-state index in [0.717, 1.165) is 68.3 Å². The Labute approximate surface area is 199 Å². The number of esters is 1. The van der Waals surface area contributed by atoms with Crippen LogP contribution in [0.1, 0.15) is 65.4 Å². The van der Waals surface area contributed by atoms with Crippen LogP contribution in [-0.4, -0.2) is 66.1 Å². The van der Waals surface area contributed by atoms with E-state index in [2.05, 4.69) is 33.9 Å². The van der Waals surface area contributed by atoms with Crippen LogP contribution < -0.4 is 10.2 Å². The first-order chi connectivity index (χ1) is 15.9. The Morgan fingerprint density at radius 2 is 1.94 bits per heavy atom. The number of amides is 1. The summed E-state index contributed by atoms with van der Waals surface area (Å²) < 4.78 is 5.26. The Hall–Kier alpha value is -2.52. The molecule has 0 saturated carbocycles. The second kappa shape index (κ2) is 10.2. The van der Waals surface area contributed by atoms with Gasteiger partial charge in [-0.05, 0) is 38.7 Å². The number of nitrogens with zero attached hydrogens (tertiary/aromatic N) is 4. The number of carbonyl (C=O) groups excluding carboxylic acids is 2. The number of hydrogen-bond donors (Lipinski definition) is 1. The molecule has 0 bridgehead atoms. The fourth-order valence-corrected chi connectivity index (χ4v) is 5.70. The lowest BCUT2D eigenvalue weighted by Crippen LogP contribution is -2.49. The monoisotopic (exact) mass is 471 g/mol. The first kappa shape index (κ1) is 23.6. The van der Waals surface area contributed by atoms with E-state index in [9.17, 15) is 9.59 Å². The van der Waals surface area contributed by atoms with Gasteiger partial charge in [0.2, 0.25) is 5.91 Å². The summed E-state index contributed by atoms with van der Waals surface area (Å²) in [6.45, 7) is 11.8. The molecule has 0 aromatic carbocycles. The van der Waals surface area contributed by atoms with E-state index in [-0.39, 0.29) is 17.8 Å². The van der Waals surface area contributed by atoms with Crippen molar-refractivity contribution in [3.8, 4) is 0 Å². The average molecular weight is 472 g/mol. The van der Waals surface area contributed by atoms with E-state index >= 15 is 0 Å². The molecule has 2 aromatic heterocycles. The van der Waals surface area contributed by atoms with Crippen LogP contribution in [0.3, 0.4) is 0 Å². The van der Waals surface area contributed by atoms with Crippen LogP contribution in [0.25, 0.3) is 0 Å². The number of ether oxygens (including phenoxy) is 1. The van der Waals surface area contributed by atoms with E-state index in [4.69, 9.17) is 9.72 Å². The number of fused-ring (bicyclic) bond motifs is 1. The van der Waals surface area contributed by atoms with Gasteiger partial charge in [-0.2, -0.15) is 0 Å². The predicted octanol–water partition coefficient (Wildman–Crippen LogP) is 3.40. The molecule has 2 aliphatic rings. The van der Waals surface area contributed by atoms with Crippen molar-refractivity contribution >= 4 is 34.0 Å². The van der Waals surface area contributed by atoms with Gasteiger partial charge in [0.15, 0.2) is 0 Å². The first-order valence-corrected chi connectivity index (χ1v) is 12.6. The van der Waals surface area contributed by atoms with E-state index in [1.54, 1.807) is 6.92 Å². The summed E-state index contributed by atoms with van der Waals surface area (Å²) in [5.74, 6) is 1.69. The van der Waals surface area contributed by atoms with Crippen LogP contribution in [0.15, 0.2) is 6.07 Å². The standard InChI is InChI=1S/C24H33N5O3S/c1-5-32-24(31)21-17-7-6-8-18(17)33-23(21)27-20(30)14-28-9-11-29(12-10-28)19-13-16(4)25-22(26-19)15(2)3/h13,15H,5-12,14H2,1-4H3,(H,27,30). The van der Waals surface area contributed by atoms with Gasteiger partial charge in [0.05, 0.1) is 18.7 Å². The molecular formula is C24H33N5O3S. The minimum absolute atomic E-state index is 0.0890. The third kappa shape index (κ3) is 5.35. The third-order valence-electron chi connectivity index (χ3n) is 6.09. The van der Waals surface area contributed by atoms with Crippen LogP contribution in [0, 0.1) is 6.92 Å². The van der Waals surface area contributed by atoms with Crippen LogP contribution in [0.2, 0.25) is 0 Å². The summed E-state index contributed by atoms with van der Waals surface area (Å²) in [6, 6.07) is 2.03. The van der Waals surface area contributed by atoms with Crippen molar-refractivity contribution in [2.75, 3.05) is 49.5 Å². The number of nitrogens with one attached hydrogen (secondary N) is 1. The van der Waals surface area contributed by atoms with Crippen molar-refractivity contribution in [1.29, 1.82) is 0 Å². The number of anilines is 2. The zero-order chi connectivity index (χ0) is 23.5. The highest BCUT2D eigenvalue weighted by Gasteiger charge is 2.29.